The third kappa shape index (κ3) is 3.40. The Labute approximate surface area is 119 Å². The normalized spacial score (nSPS) is 10.5. The molecule has 2 rings (SSSR count). The Kier molecular flexibility index (Phi) is 4.36. The molecule has 0 saturated carbocycles. The van der Waals surface area contributed by atoms with E-state index >= 15 is 0 Å². The Morgan fingerprint density at radius 1 is 1.41 bits per heavy atom. The van der Waals surface area contributed by atoms with Crippen LogP contribution in [0, 0.1) is 0 Å². The maximum atomic E-state index is 11.3. The lowest BCUT2D eigenvalue weighted by molar-refractivity contribution is 1.00. The van der Waals surface area contributed by atoms with Gasteiger partial charge in [0.25, 0.3) is 5.56 Å². The molecule has 0 radical (unpaired) electrons. The van der Waals surface area contributed by atoms with Crippen molar-refractivity contribution in [3.05, 3.63) is 42.0 Å². The predicted octanol–water partition coefficient (Wildman–Crippen LogP) is 3.01. The Morgan fingerprint density at radius 3 is 2.94 bits per heavy atom. The molecule has 0 atom stereocenters. The van der Waals surface area contributed by atoms with E-state index in [-0.39, 0.29) is 5.56 Å². The minimum atomic E-state index is -0.179. The number of nitrogens with zero attached hydrogens (tertiary/aromatic N) is 1. The van der Waals surface area contributed by atoms with Crippen LogP contribution in [0.5, 0.6) is 0 Å². The zero-order valence-corrected chi connectivity index (χ0v) is 12.7. The van der Waals surface area contributed by atoms with E-state index in [0.29, 0.717) is 10.3 Å². The lowest BCUT2D eigenvalue weighted by Gasteiger charge is -2.05. The van der Waals surface area contributed by atoms with Crippen LogP contribution in [0.4, 0.5) is 5.82 Å². The quantitative estimate of drug-likeness (QED) is 0.859. The molecule has 0 fully saturated rings. The molecule has 7 heteroatoms. The molecule has 2 heterocycles. The van der Waals surface area contributed by atoms with Crippen molar-refractivity contribution in [2.45, 2.75) is 6.42 Å². The van der Waals surface area contributed by atoms with Gasteiger partial charge in [0.15, 0.2) is 0 Å². The van der Waals surface area contributed by atoms with E-state index in [1.165, 1.54) is 11.2 Å². The number of hydrogen-bond donors (Lipinski definition) is 2. The van der Waals surface area contributed by atoms with Gasteiger partial charge in [0.05, 0.1) is 10.1 Å². The summed E-state index contributed by atoms with van der Waals surface area (Å²) in [4.78, 5) is 19.1. The summed E-state index contributed by atoms with van der Waals surface area (Å²) in [6.45, 7) is 0.738. The standard InChI is InChI=1S/C10H9Br2N3OS/c11-7-2-1-6(17-7)3-4-13-9-8(12)10(16)15-5-14-9/h1-2,5H,3-4H2,(H2,13,14,15,16). The number of thiophene rings is 1. The second kappa shape index (κ2) is 5.79. The number of rotatable bonds is 4. The lowest BCUT2D eigenvalue weighted by Crippen LogP contribution is -2.13. The second-order valence-electron chi connectivity index (χ2n) is 3.28. The summed E-state index contributed by atoms with van der Waals surface area (Å²) >= 11 is 8.33. The van der Waals surface area contributed by atoms with E-state index in [1.54, 1.807) is 11.3 Å². The highest BCUT2D eigenvalue weighted by molar-refractivity contribution is 9.11. The average Bonchev–Trinajstić information content (AvgIpc) is 2.70. The summed E-state index contributed by atoms with van der Waals surface area (Å²) in [5.74, 6) is 0.573. The molecular weight excluding hydrogens is 370 g/mol. The van der Waals surface area contributed by atoms with Gasteiger partial charge in [0, 0.05) is 11.4 Å². The highest BCUT2D eigenvalue weighted by atomic mass is 79.9. The molecule has 0 amide bonds. The number of aromatic amines is 1. The molecule has 0 spiro atoms. The van der Waals surface area contributed by atoms with Crippen LogP contribution in [-0.4, -0.2) is 16.5 Å². The molecule has 0 aliphatic heterocycles. The van der Waals surface area contributed by atoms with Crippen LogP contribution in [0.1, 0.15) is 4.88 Å². The molecular formula is C10H9Br2N3OS. The molecule has 4 nitrogen and oxygen atoms in total. The van der Waals surface area contributed by atoms with Gasteiger partial charge in [-0.1, -0.05) is 0 Å². The fourth-order valence-electron chi connectivity index (χ4n) is 1.30. The summed E-state index contributed by atoms with van der Waals surface area (Å²) in [7, 11) is 0. The van der Waals surface area contributed by atoms with Crippen molar-refractivity contribution in [1.29, 1.82) is 0 Å². The van der Waals surface area contributed by atoms with Crippen LogP contribution in [0.25, 0.3) is 0 Å². The molecule has 0 aromatic carbocycles. The van der Waals surface area contributed by atoms with Gasteiger partial charge in [-0.15, -0.1) is 11.3 Å². The number of halogens is 2. The smallest absolute Gasteiger partial charge is 0.267 e. The zero-order valence-electron chi connectivity index (χ0n) is 8.67. The highest BCUT2D eigenvalue weighted by Gasteiger charge is 2.04. The van der Waals surface area contributed by atoms with E-state index in [2.05, 4.69) is 53.2 Å². The average molecular weight is 379 g/mol. The lowest BCUT2D eigenvalue weighted by atomic mass is 10.3. The van der Waals surface area contributed by atoms with Gasteiger partial charge in [-0.2, -0.15) is 0 Å². The largest absolute Gasteiger partial charge is 0.369 e. The number of anilines is 1. The van der Waals surface area contributed by atoms with Crippen LogP contribution >= 0.6 is 43.2 Å². The molecule has 0 aliphatic carbocycles. The SMILES string of the molecule is O=c1[nH]cnc(NCCc2ccc(Br)s2)c1Br. The van der Waals surface area contributed by atoms with E-state index in [9.17, 15) is 4.79 Å². The minimum Gasteiger partial charge on any atom is -0.369 e. The molecule has 2 N–H and O–H groups in total. The van der Waals surface area contributed by atoms with Crippen molar-refractivity contribution >= 4 is 49.0 Å². The van der Waals surface area contributed by atoms with Gasteiger partial charge in [-0.25, -0.2) is 4.98 Å². The first kappa shape index (κ1) is 12.8. The van der Waals surface area contributed by atoms with Crippen molar-refractivity contribution < 1.29 is 0 Å². The van der Waals surface area contributed by atoms with Gasteiger partial charge >= 0.3 is 0 Å². The topological polar surface area (TPSA) is 57.8 Å². The fraction of sp³-hybridized carbons (Fsp3) is 0.200. The third-order valence-electron chi connectivity index (χ3n) is 2.09. The molecule has 90 valence electrons. The van der Waals surface area contributed by atoms with Gasteiger partial charge in [-0.3, -0.25) is 4.79 Å². The van der Waals surface area contributed by atoms with Crippen molar-refractivity contribution in [3.63, 3.8) is 0 Å². The minimum absolute atomic E-state index is 0.179. The molecule has 0 saturated heterocycles. The number of aromatic nitrogens is 2. The molecule has 0 aliphatic rings. The Hall–Kier alpha value is -0.660. The summed E-state index contributed by atoms with van der Waals surface area (Å²) in [5, 5.41) is 3.12. The maximum absolute atomic E-state index is 11.3. The van der Waals surface area contributed by atoms with E-state index in [1.807, 2.05) is 6.07 Å². The number of H-pyrrole nitrogens is 1. The monoisotopic (exact) mass is 377 g/mol. The molecule has 17 heavy (non-hydrogen) atoms. The number of nitrogens with one attached hydrogen (secondary N) is 2. The van der Waals surface area contributed by atoms with Gasteiger partial charge in [0.2, 0.25) is 0 Å². The fourth-order valence-corrected chi connectivity index (χ4v) is 3.14. The second-order valence-corrected chi connectivity index (χ2v) is 6.62. The zero-order chi connectivity index (χ0) is 12.3. The summed E-state index contributed by atoms with van der Waals surface area (Å²) in [6.07, 6.45) is 2.29. The first-order valence-corrected chi connectivity index (χ1v) is 7.28. The van der Waals surface area contributed by atoms with E-state index in [0.717, 1.165) is 16.8 Å². The Morgan fingerprint density at radius 2 is 2.24 bits per heavy atom. The highest BCUT2D eigenvalue weighted by Crippen LogP contribution is 2.22. The van der Waals surface area contributed by atoms with Gasteiger partial charge in [-0.05, 0) is 50.4 Å². The number of hydrogen-bond acceptors (Lipinski definition) is 4. The first-order chi connectivity index (χ1) is 8.16. The van der Waals surface area contributed by atoms with Crippen molar-refractivity contribution in [3.8, 4) is 0 Å². The molecule has 0 unspecified atom stereocenters. The van der Waals surface area contributed by atoms with Crippen LogP contribution in [-0.2, 0) is 6.42 Å². The molecule has 2 aromatic rings. The van der Waals surface area contributed by atoms with Crippen LogP contribution < -0.4 is 10.9 Å². The van der Waals surface area contributed by atoms with Crippen molar-refractivity contribution in [1.82, 2.24) is 9.97 Å². The van der Waals surface area contributed by atoms with Crippen LogP contribution in [0.3, 0.4) is 0 Å². The Bertz CT molecular complexity index is 567. The van der Waals surface area contributed by atoms with Crippen molar-refractivity contribution in [2.75, 3.05) is 11.9 Å². The Balaban J connectivity index is 1.94. The summed E-state index contributed by atoms with van der Waals surface area (Å²) in [5.41, 5.74) is -0.179. The van der Waals surface area contributed by atoms with Crippen molar-refractivity contribution in [2.24, 2.45) is 0 Å². The van der Waals surface area contributed by atoms with Crippen LogP contribution in [0.2, 0.25) is 0 Å². The third-order valence-corrected chi connectivity index (χ3v) is 4.51. The molecule has 0 bridgehead atoms. The van der Waals surface area contributed by atoms with E-state index in [4.69, 9.17) is 0 Å². The van der Waals surface area contributed by atoms with Crippen LogP contribution in [0.15, 0.2) is 31.5 Å². The van der Waals surface area contributed by atoms with Gasteiger partial charge in [0.1, 0.15) is 10.3 Å². The van der Waals surface area contributed by atoms with E-state index < -0.39 is 0 Å². The summed E-state index contributed by atoms with van der Waals surface area (Å²) < 4.78 is 1.57. The van der Waals surface area contributed by atoms with Gasteiger partial charge < -0.3 is 10.3 Å². The molecule has 2 aromatic heterocycles. The predicted molar refractivity (Wildman–Crippen MR) is 76.8 cm³/mol. The maximum Gasteiger partial charge on any atom is 0.267 e. The first-order valence-electron chi connectivity index (χ1n) is 4.88. The summed E-state index contributed by atoms with van der Waals surface area (Å²) in [6, 6.07) is 4.11.